The van der Waals surface area contributed by atoms with E-state index in [9.17, 15) is 4.39 Å². The molecular formula is C17H21BrFNO. The Morgan fingerprint density at radius 1 is 1.10 bits per heavy atom. The molecule has 0 fully saturated rings. The second kappa shape index (κ2) is 8.32. The summed E-state index contributed by atoms with van der Waals surface area (Å²) in [6.45, 7) is 2.23. The molecule has 114 valence electrons. The predicted molar refractivity (Wildman–Crippen MR) is 86.7 cm³/mol. The normalized spacial score (nSPS) is 11.0. The van der Waals surface area contributed by atoms with Gasteiger partial charge >= 0.3 is 0 Å². The van der Waals surface area contributed by atoms with Crippen LogP contribution in [0.25, 0.3) is 11.3 Å². The summed E-state index contributed by atoms with van der Waals surface area (Å²) in [7, 11) is 0. The summed E-state index contributed by atoms with van der Waals surface area (Å²) in [6, 6.07) is 6.82. The molecule has 0 saturated carbocycles. The number of aromatic nitrogens is 1. The number of unbranched alkanes of at least 4 members (excludes halogenated alkanes) is 5. The average molecular weight is 354 g/mol. The lowest BCUT2D eigenvalue weighted by Gasteiger charge is -1.98. The average Bonchev–Trinajstić information content (AvgIpc) is 2.94. The highest BCUT2D eigenvalue weighted by Gasteiger charge is 2.08. The lowest BCUT2D eigenvalue weighted by molar-refractivity contribution is 0.380. The molecule has 21 heavy (non-hydrogen) atoms. The molecule has 0 unspecified atom stereocenters. The van der Waals surface area contributed by atoms with E-state index in [0.717, 1.165) is 29.9 Å². The van der Waals surface area contributed by atoms with Gasteiger partial charge in [0, 0.05) is 18.1 Å². The SMILES string of the molecule is CCCCCCCCc1cc(-c2ccc(F)c(Br)c2)no1. The fourth-order valence-corrected chi connectivity index (χ4v) is 2.68. The van der Waals surface area contributed by atoms with Crippen LogP contribution in [-0.4, -0.2) is 5.16 Å². The molecule has 0 saturated heterocycles. The van der Waals surface area contributed by atoms with Crippen molar-refractivity contribution in [3.8, 4) is 11.3 Å². The molecule has 1 aromatic carbocycles. The molecular weight excluding hydrogens is 333 g/mol. The summed E-state index contributed by atoms with van der Waals surface area (Å²) in [4.78, 5) is 0. The van der Waals surface area contributed by atoms with Crippen molar-refractivity contribution < 1.29 is 8.91 Å². The zero-order chi connectivity index (χ0) is 15.1. The number of aryl methyl sites for hydroxylation is 1. The van der Waals surface area contributed by atoms with E-state index in [4.69, 9.17) is 4.52 Å². The molecule has 0 aliphatic heterocycles. The Hall–Kier alpha value is -1.16. The van der Waals surface area contributed by atoms with Gasteiger partial charge in [0.1, 0.15) is 17.3 Å². The Morgan fingerprint density at radius 2 is 1.86 bits per heavy atom. The van der Waals surface area contributed by atoms with Crippen molar-refractivity contribution in [2.75, 3.05) is 0 Å². The van der Waals surface area contributed by atoms with Gasteiger partial charge in [0.2, 0.25) is 0 Å². The molecule has 4 heteroatoms. The summed E-state index contributed by atoms with van der Waals surface area (Å²) in [5.74, 6) is 0.635. The molecule has 0 amide bonds. The summed E-state index contributed by atoms with van der Waals surface area (Å²) in [6.07, 6.45) is 8.50. The van der Waals surface area contributed by atoms with Crippen LogP contribution in [0.5, 0.6) is 0 Å². The number of hydrogen-bond donors (Lipinski definition) is 0. The van der Waals surface area contributed by atoms with Crippen LogP contribution in [-0.2, 0) is 6.42 Å². The maximum absolute atomic E-state index is 13.2. The zero-order valence-electron chi connectivity index (χ0n) is 12.4. The van der Waals surface area contributed by atoms with Crippen LogP contribution < -0.4 is 0 Å². The van der Waals surface area contributed by atoms with Crippen LogP contribution in [0.15, 0.2) is 33.3 Å². The van der Waals surface area contributed by atoms with E-state index >= 15 is 0 Å². The van der Waals surface area contributed by atoms with Crippen LogP contribution in [0, 0.1) is 5.82 Å². The number of hydrogen-bond acceptors (Lipinski definition) is 2. The fourth-order valence-electron chi connectivity index (χ4n) is 2.30. The molecule has 0 aliphatic rings. The second-order valence-electron chi connectivity index (χ2n) is 5.33. The van der Waals surface area contributed by atoms with Crippen molar-refractivity contribution in [3.63, 3.8) is 0 Å². The first-order valence-electron chi connectivity index (χ1n) is 7.61. The van der Waals surface area contributed by atoms with Gasteiger partial charge in [-0.25, -0.2) is 4.39 Å². The van der Waals surface area contributed by atoms with Gasteiger partial charge in [-0.05, 0) is 40.5 Å². The maximum Gasteiger partial charge on any atom is 0.137 e. The van der Waals surface area contributed by atoms with Crippen LogP contribution in [0.3, 0.4) is 0 Å². The van der Waals surface area contributed by atoms with Crippen molar-refractivity contribution >= 4 is 15.9 Å². The molecule has 1 aromatic heterocycles. The number of rotatable bonds is 8. The first-order chi connectivity index (χ1) is 10.2. The minimum Gasteiger partial charge on any atom is -0.361 e. The number of nitrogens with zero attached hydrogens (tertiary/aromatic N) is 1. The highest BCUT2D eigenvalue weighted by molar-refractivity contribution is 9.10. The topological polar surface area (TPSA) is 26.0 Å². The van der Waals surface area contributed by atoms with Gasteiger partial charge in [-0.2, -0.15) is 0 Å². The Kier molecular flexibility index (Phi) is 6.43. The smallest absolute Gasteiger partial charge is 0.137 e. The lowest BCUT2D eigenvalue weighted by Crippen LogP contribution is -1.84. The third-order valence-corrected chi connectivity index (χ3v) is 4.16. The Morgan fingerprint density at radius 3 is 2.62 bits per heavy atom. The standard InChI is InChI=1S/C17H21BrFNO/c1-2-3-4-5-6-7-8-14-12-17(20-21-14)13-9-10-16(19)15(18)11-13/h9-12H,2-8H2,1H3. The van der Waals surface area contributed by atoms with Crippen molar-refractivity contribution in [3.05, 3.63) is 40.3 Å². The van der Waals surface area contributed by atoms with Gasteiger partial charge in [-0.1, -0.05) is 44.2 Å². The first-order valence-corrected chi connectivity index (χ1v) is 8.41. The minimum atomic E-state index is -0.269. The molecule has 0 radical (unpaired) electrons. The van der Waals surface area contributed by atoms with Crippen LogP contribution in [0.2, 0.25) is 0 Å². The molecule has 1 heterocycles. The van der Waals surface area contributed by atoms with E-state index in [0.29, 0.717) is 4.47 Å². The molecule has 0 N–H and O–H groups in total. The van der Waals surface area contributed by atoms with E-state index < -0.39 is 0 Å². The molecule has 2 nitrogen and oxygen atoms in total. The van der Waals surface area contributed by atoms with E-state index in [2.05, 4.69) is 28.0 Å². The molecule has 0 bridgehead atoms. The first kappa shape index (κ1) is 16.2. The third kappa shape index (κ3) is 4.95. The van der Waals surface area contributed by atoms with E-state index in [1.54, 1.807) is 12.1 Å². The van der Waals surface area contributed by atoms with Gasteiger partial charge in [-0.3, -0.25) is 0 Å². The summed E-state index contributed by atoms with van der Waals surface area (Å²) < 4.78 is 19.0. The predicted octanol–water partition coefficient (Wildman–Crippen LogP) is 6.15. The van der Waals surface area contributed by atoms with Gasteiger partial charge in [0.25, 0.3) is 0 Å². The maximum atomic E-state index is 13.2. The zero-order valence-corrected chi connectivity index (χ0v) is 14.0. The van der Waals surface area contributed by atoms with E-state index in [1.807, 2.05) is 6.07 Å². The van der Waals surface area contributed by atoms with Gasteiger partial charge in [-0.15, -0.1) is 0 Å². The Labute approximate surface area is 133 Å². The molecule has 0 spiro atoms. The highest BCUT2D eigenvalue weighted by Crippen LogP contribution is 2.25. The summed E-state index contributed by atoms with van der Waals surface area (Å²) in [5.41, 5.74) is 1.62. The second-order valence-corrected chi connectivity index (χ2v) is 6.18. The molecule has 0 aliphatic carbocycles. The fraction of sp³-hybridized carbons (Fsp3) is 0.471. The summed E-state index contributed by atoms with van der Waals surface area (Å²) in [5, 5.41) is 4.07. The monoisotopic (exact) mass is 353 g/mol. The quantitative estimate of drug-likeness (QED) is 0.532. The molecule has 2 rings (SSSR count). The van der Waals surface area contributed by atoms with Crippen molar-refractivity contribution in [1.82, 2.24) is 5.16 Å². The van der Waals surface area contributed by atoms with E-state index in [-0.39, 0.29) is 5.82 Å². The lowest BCUT2D eigenvalue weighted by atomic mass is 10.1. The van der Waals surface area contributed by atoms with Crippen molar-refractivity contribution in [2.45, 2.75) is 51.9 Å². The Bertz CT molecular complexity index is 568. The largest absolute Gasteiger partial charge is 0.361 e. The number of halogens is 2. The number of benzene rings is 1. The minimum absolute atomic E-state index is 0.269. The van der Waals surface area contributed by atoms with Crippen molar-refractivity contribution in [2.24, 2.45) is 0 Å². The van der Waals surface area contributed by atoms with Gasteiger partial charge in [0.15, 0.2) is 0 Å². The van der Waals surface area contributed by atoms with Gasteiger partial charge in [0.05, 0.1) is 4.47 Å². The summed E-state index contributed by atoms with van der Waals surface area (Å²) >= 11 is 3.19. The van der Waals surface area contributed by atoms with Crippen LogP contribution in [0.1, 0.15) is 51.2 Å². The van der Waals surface area contributed by atoms with Crippen LogP contribution in [0.4, 0.5) is 4.39 Å². The van der Waals surface area contributed by atoms with Crippen molar-refractivity contribution in [1.29, 1.82) is 0 Å². The van der Waals surface area contributed by atoms with Gasteiger partial charge < -0.3 is 4.52 Å². The highest BCUT2D eigenvalue weighted by atomic mass is 79.9. The Balaban J connectivity index is 1.85. The molecule has 2 aromatic rings. The van der Waals surface area contributed by atoms with Crippen LogP contribution >= 0.6 is 15.9 Å². The molecule has 0 atom stereocenters. The third-order valence-electron chi connectivity index (χ3n) is 3.55. The van der Waals surface area contributed by atoms with E-state index in [1.165, 1.54) is 38.2 Å².